The molecule has 2 aromatic rings. The number of carbonyl (C=O) groups is 3. The van der Waals surface area contributed by atoms with Crippen molar-refractivity contribution < 1.29 is 58.3 Å². The third-order valence-electron chi connectivity index (χ3n) is 4.57. The van der Waals surface area contributed by atoms with Gasteiger partial charge in [0.05, 0.1) is 17.9 Å². The number of carboxylic acids is 1. The van der Waals surface area contributed by atoms with Crippen molar-refractivity contribution in [3.05, 3.63) is 40.7 Å². The number of aliphatic carboxylic acids is 1. The molecule has 0 radical (unpaired) electrons. The summed E-state index contributed by atoms with van der Waals surface area (Å²) in [5.41, 5.74) is 6.06. The summed E-state index contributed by atoms with van der Waals surface area (Å²) in [6.45, 7) is 0. The molecule has 0 spiro atoms. The first-order valence-electron chi connectivity index (χ1n) is 9.08. The van der Waals surface area contributed by atoms with E-state index in [9.17, 15) is 19.5 Å². The molecule has 168 valence electrons. The minimum atomic E-state index is -1.44. The maximum Gasteiger partial charge on any atom is 1.00 e. The monoisotopic (exact) mass is 517 g/mol. The first kappa shape index (κ1) is 25.6. The number of amides is 2. The van der Waals surface area contributed by atoms with Crippen LogP contribution in [0.5, 0.6) is 0 Å². The minimum Gasteiger partial charge on any atom is -0.543 e. The normalized spacial score (nSPS) is 20.0. The summed E-state index contributed by atoms with van der Waals surface area (Å²) in [7, 11) is 1.27. The van der Waals surface area contributed by atoms with Gasteiger partial charge in [0, 0.05) is 16.9 Å². The Hall–Kier alpha value is -1.97. The number of furan rings is 1. The molecular weight excluding hydrogens is 501 g/mol. The molecule has 11 nitrogen and oxygen atoms in total. The van der Waals surface area contributed by atoms with Gasteiger partial charge < -0.3 is 30.2 Å². The summed E-state index contributed by atoms with van der Waals surface area (Å²) in [5.74, 6) is -1.99. The van der Waals surface area contributed by atoms with Crippen LogP contribution in [0.2, 0.25) is 0 Å². The van der Waals surface area contributed by atoms with Crippen LogP contribution in [-0.4, -0.2) is 63.4 Å². The molecule has 1 unspecified atom stereocenters. The van der Waals surface area contributed by atoms with Gasteiger partial charge in [-0.15, -0.1) is 23.1 Å². The van der Waals surface area contributed by atoms with Crippen molar-refractivity contribution >= 4 is 63.5 Å². The topological polar surface area (TPSA) is 163 Å². The van der Waals surface area contributed by atoms with Crippen molar-refractivity contribution in [3.8, 4) is 0 Å². The van der Waals surface area contributed by atoms with Gasteiger partial charge in [0.1, 0.15) is 24.2 Å². The Morgan fingerprint density at radius 2 is 2.30 bits per heavy atom. The van der Waals surface area contributed by atoms with Crippen molar-refractivity contribution in [3.63, 3.8) is 0 Å². The average Bonchev–Trinajstić information content (AvgIpc) is 3.45. The molecule has 15 heteroatoms. The number of β-lactam (4-membered cyclic amide) rings is 1. The predicted octanol–water partition coefficient (Wildman–Crippen LogP) is -3.13. The minimum absolute atomic E-state index is 0. The maximum atomic E-state index is 12.8. The maximum absolute atomic E-state index is 12.8. The van der Waals surface area contributed by atoms with E-state index in [1.165, 1.54) is 42.3 Å². The van der Waals surface area contributed by atoms with Gasteiger partial charge in [0.2, 0.25) is 0 Å². The summed E-state index contributed by atoms with van der Waals surface area (Å²) in [5, 5.41) is 19.9. The number of nitrogens with two attached hydrogens (primary N) is 1. The molecule has 2 aromatic heterocycles. The van der Waals surface area contributed by atoms with Crippen LogP contribution in [0.15, 0.2) is 49.7 Å². The fourth-order valence-electron chi connectivity index (χ4n) is 3.19. The van der Waals surface area contributed by atoms with Crippen LogP contribution in [0.1, 0.15) is 5.69 Å². The second kappa shape index (κ2) is 11.0. The number of rotatable bonds is 8. The van der Waals surface area contributed by atoms with Crippen LogP contribution in [0.25, 0.3) is 0 Å². The number of nitrogen functional groups attached to an aromatic ring is 1. The summed E-state index contributed by atoms with van der Waals surface area (Å²) in [4.78, 5) is 47.2. The van der Waals surface area contributed by atoms with E-state index in [1.54, 1.807) is 12.1 Å². The van der Waals surface area contributed by atoms with Gasteiger partial charge in [-0.1, -0.05) is 16.9 Å². The fourth-order valence-corrected chi connectivity index (χ4v) is 6.07. The second-order valence-corrected chi connectivity index (χ2v) is 9.49. The number of nitrogens with one attached hydrogen (secondary N) is 1. The number of anilines is 1. The third kappa shape index (κ3) is 5.25. The Morgan fingerprint density at radius 1 is 1.52 bits per heavy atom. The number of aromatic nitrogens is 1. The van der Waals surface area contributed by atoms with Gasteiger partial charge in [0.15, 0.2) is 15.9 Å². The van der Waals surface area contributed by atoms with E-state index in [-0.39, 0.29) is 51.8 Å². The standard InChI is InChI=1S/C18H17N5O6S3.Na/c1-28-22-11(9-7-32-18(19)20-9)14(24)21-12-15(25)23-13(17(26)27)8(6-31-16(12)23)5-30-10-3-2-4-29-10;/h2-4,7,12,16H,5-6H2,1H3,(H2,19,20)(H,21,24)(H,26,27);/q;+1/p-1/b22-11-;/t12?,16-;/m0./s1. The number of oxime groups is 1. The first-order chi connectivity index (χ1) is 15.4. The van der Waals surface area contributed by atoms with E-state index in [1.807, 2.05) is 0 Å². The van der Waals surface area contributed by atoms with Crippen LogP contribution >= 0.6 is 34.9 Å². The number of fused-ring (bicyclic) bond motifs is 1. The molecule has 3 N–H and O–H groups in total. The zero-order chi connectivity index (χ0) is 22.8. The van der Waals surface area contributed by atoms with Gasteiger partial charge in [-0.3, -0.25) is 14.5 Å². The molecule has 33 heavy (non-hydrogen) atoms. The van der Waals surface area contributed by atoms with Gasteiger partial charge in [-0.2, -0.15) is 0 Å². The molecule has 1 fully saturated rings. The van der Waals surface area contributed by atoms with Gasteiger partial charge in [0.25, 0.3) is 11.8 Å². The van der Waals surface area contributed by atoms with Crippen LogP contribution < -0.4 is 45.7 Å². The molecule has 0 aromatic carbocycles. The Kier molecular flexibility index (Phi) is 8.53. The first-order valence-corrected chi connectivity index (χ1v) is 12.0. The number of thiazole rings is 1. The Bertz CT molecular complexity index is 1120. The molecule has 2 aliphatic rings. The van der Waals surface area contributed by atoms with Crippen LogP contribution in [0.4, 0.5) is 5.13 Å². The summed E-state index contributed by atoms with van der Waals surface area (Å²) in [6.07, 6.45) is 1.52. The number of carbonyl (C=O) groups excluding carboxylic acids is 3. The van der Waals surface area contributed by atoms with E-state index >= 15 is 0 Å². The van der Waals surface area contributed by atoms with Crippen molar-refractivity contribution in [1.82, 2.24) is 15.2 Å². The van der Waals surface area contributed by atoms with E-state index < -0.39 is 29.2 Å². The van der Waals surface area contributed by atoms with E-state index in [0.717, 1.165) is 16.2 Å². The van der Waals surface area contributed by atoms with Crippen molar-refractivity contribution in [2.24, 2.45) is 5.16 Å². The number of nitrogens with zero attached hydrogens (tertiary/aromatic N) is 3. The molecule has 2 amide bonds. The van der Waals surface area contributed by atoms with E-state index in [4.69, 9.17) is 15.0 Å². The number of carboxylic acid groups (broad SMARTS) is 1. The summed E-state index contributed by atoms with van der Waals surface area (Å²) >= 11 is 3.80. The zero-order valence-electron chi connectivity index (χ0n) is 17.5. The van der Waals surface area contributed by atoms with E-state index in [0.29, 0.717) is 22.2 Å². The molecule has 0 bridgehead atoms. The van der Waals surface area contributed by atoms with Gasteiger partial charge >= 0.3 is 29.6 Å². The largest absolute Gasteiger partial charge is 1.00 e. The summed E-state index contributed by atoms with van der Waals surface area (Å²) < 4.78 is 5.25. The molecule has 4 heterocycles. The fraction of sp³-hybridized carbons (Fsp3) is 0.278. The number of hydrogen-bond acceptors (Lipinski definition) is 12. The smallest absolute Gasteiger partial charge is 0.543 e. The number of thioether (sulfide) groups is 2. The molecular formula is C18H16N5NaO6S3. The predicted molar refractivity (Wildman–Crippen MR) is 117 cm³/mol. The molecule has 0 aliphatic carbocycles. The zero-order valence-corrected chi connectivity index (χ0v) is 21.9. The van der Waals surface area contributed by atoms with Gasteiger partial charge in [-0.05, 0) is 17.7 Å². The molecule has 2 atom stereocenters. The Balaban J connectivity index is 0.00000306. The van der Waals surface area contributed by atoms with Crippen LogP contribution in [0.3, 0.4) is 0 Å². The van der Waals surface area contributed by atoms with Gasteiger partial charge in [-0.25, -0.2) is 4.98 Å². The molecule has 1 saturated heterocycles. The average molecular weight is 518 g/mol. The second-order valence-electron chi connectivity index (χ2n) is 6.51. The third-order valence-corrected chi connectivity index (χ3v) is 7.60. The SMILES string of the molecule is CO/N=C(\C(=O)NC1C(=O)N2C(C(=O)[O-])=C(CSc3ccco3)CS[C@@H]12)c1csc(N)n1.[Na+]. The Labute approximate surface area is 222 Å². The number of hydrogen-bond donors (Lipinski definition) is 2. The molecule has 4 rings (SSSR count). The molecule has 0 saturated carbocycles. The van der Waals surface area contributed by atoms with Crippen LogP contribution in [0, 0.1) is 0 Å². The quantitative estimate of drug-likeness (QED) is 0.120. The van der Waals surface area contributed by atoms with Crippen LogP contribution in [-0.2, 0) is 19.2 Å². The van der Waals surface area contributed by atoms with E-state index in [2.05, 4.69) is 15.5 Å². The summed E-state index contributed by atoms with van der Waals surface area (Å²) in [6, 6.07) is 2.56. The Morgan fingerprint density at radius 3 is 2.91 bits per heavy atom. The van der Waals surface area contributed by atoms with Crippen molar-refractivity contribution in [2.45, 2.75) is 16.5 Å². The van der Waals surface area contributed by atoms with Crippen molar-refractivity contribution in [1.29, 1.82) is 0 Å². The van der Waals surface area contributed by atoms with Crippen molar-refractivity contribution in [2.75, 3.05) is 24.3 Å². The molecule has 2 aliphatic heterocycles.